The molecule has 0 aromatic heterocycles. The number of hydrogen-bond acceptors (Lipinski definition) is 4. The Morgan fingerprint density at radius 3 is 2.76 bits per heavy atom. The first-order valence-corrected chi connectivity index (χ1v) is 7.50. The maximum Gasteiger partial charge on any atom is 0.219 e. The lowest BCUT2D eigenvalue weighted by atomic mass is 10.1. The zero-order chi connectivity index (χ0) is 15.5. The lowest BCUT2D eigenvalue weighted by Gasteiger charge is -2.13. The molecular formula is C16H26N2O3. The summed E-state index contributed by atoms with van der Waals surface area (Å²) in [4.78, 5) is 11.2. The second-order valence-electron chi connectivity index (χ2n) is 4.78. The molecule has 1 aromatic carbocycles. The molecular weight excluding hydrogens is 268 g/mol. The molecule has 1 amide bonds. The highest BCUT2D eigenvalue weighted by Gasteiger charge is 2.06. The molecule has 0 unspecified atom stereocenters. The third kappa shape index (κ3) is 6.49. The van der Waals surface area contributed by atoms with Crippen molar-refractivity contribution >= 4 is 5.91 Å². The third-order valence-corrected chi connectivity index (χ3v) is 3.01. The number of carbonyl (C=O) groups excluding carboxylic acids is 1. The molecule has 0 heterocycles. The van der Waals surface area contributed by atoms with Gasteiger partial charge in [-0.3, -0.25) is 4.79 Å². The molecule has 5 heteroatoms. The largest absolute Gasteiger partial charge is 0.493 e. The number of amides is 1. The first-order valence-electron chi connectivity index (χ1n) is 7.50. The topological polar surface area (TPSA) is 73.6 Å². The molecule has 0 saturated heterocycles. The molecule has 0 aliphatic heterocycles. The highest BCUT2D eigenvalue weighted by atomic mass is 16.5. The minimum absolute atomic E-state index is 0.0285. The molecule has 0 aliphatic rings. The van der Waals surface area contributed by atoms with Crippen molar-refractivity contribution in [2.24, 2.45) is 5.73 Å². The highest BCUT2D eigenvalue weighted by Crippen LogP contribution is 2.25. The van der Waals surface area contributed by atoms with Crippen LogP contribution in [0.2, 0.25) is 0 Å². The summed E-state index contributed by atoms with van der Waals surface area (Å²) in [5, 5.41) is 2.60. The number of rotatable bonds is 10. The maximum absolute atomic E-state index is 11.2. The monoisotopic (exact) mass is 294 g/mol. The van der Waals surface area contributed by atoms with Crippen LogP contribution in [0.3, 0.4) is 0 Å². The minimum Gasteiger partial charge on any atom is -0.493 e. The van der Waals surface area contributed by atoms with Crippen LogP contribution in [0.4, 0.5) is 0 Å². The second kappa shape index (κ2) is 10.0. The van der Waals surface area contributed by atoms with Crippen molar-refractivity contribution in [3.8, 4) is 11.5 Å². The van der Waals surface area contributed by atoms with Gasteiger partial charge in [-0.1, -0.05) is 13.0 Å². The van der Waals surface area contributed by atoms with Gasteiger partial charge in [0, 0.05) is 19.5 Å². The SMILES string of the molecule is CCCOc1ccc(CCN)c(OCCCC(=O)NC)c1. The van der Waals surface area contributed by atoms with Crippen molar-refractivity contribution < 1.29 is 14.3 Å². The quantitative estimate of drug-likeness (QED) is 0.646. The summed E-state index contributed by atoms with van der Waals surface area (Å²) in [7, 11) is 1.64. The summed E-state index contributed by atoms with van der Waals surface area (Å²) in [6.45, 7) is 3.83. The van der Waals surface area contributed by atoms with Crippen molar-refractivity contribution in [2.75, 3.05) is 26.8 Å². The van der Waals surface area contributed by atoms with E-state index in [2.05, 4.69) is 12.2 Å². The molecule has 1 rings (SSSR count). The zero-order valence-electron chi connectivity index (χ0n) is 13.0. The van der Waals surface area contributed by atoms with E-state index in [1.807, 2.05) is 18.2 Å². The van der Waals surface area contributed by atoms with Crippen molar-refractivity contribution in [1.29, 1.82) is 0 Å². The van der Waals surface area contributed by atoms with Gasteiger partial charge in [0.1, 0.15) is 11.5 Å². The van der Waals surface area contributed by atoms with Gasteiger partial charge in [-0.2, -0.15) is 0 Å². The Morgan fingerprint density at radius 2 is 2.10 bits per heavy atom. The van der Waals surface area contributed by atoms with Gasteiger partial charge in [-0.25, -0.2) is 0 Å². The predicted molar refractivity (Wildman–Crippen MR) is 83.8 cm³/mol. The molecule has 5 nitrogen and oxygen atoms in total. The van der Waals surface area contributed by atoms with E-state index >= 15 is 0 Å². The first kappa shape index (κ1) is 17.3. The van der Waals surface area contributed by atoms with Crippen LogP contribution in [0, 0.1) is 0 Å². The molecule has 118 valence electrons. The second-order valence-corrected chi connectivity index (χ2v) is 4.78. The van der Waals surface area contributed by atoms with E-state index in [0.717, 1.165) is 29.9 Å². The smallest absolute Gasteiger partial charge is 0.219 e. The molecule has 1 aromatic rings. The van der Waals surface area contributed by atoms with Crippen LogP contribution in [0.25, 0.3) is 0 Å². The average Bonchev–Trinajstić information content (AvgIpc) is 2.51. The van der Waals surface area contributed by atoms with Crippen molar-refractivity contribution in [3.63, 3.8) is 0 Å². The maximum atomic E-state index is 11.2. The van der Waals surface area contributed by atoms with Crippen LogP contribution in [0.1, 0.15) is 31.7 Å². The van der Waals surface area contributed by atoms with Gasteiger partial charge in [0.05, 0.1) is 13.2 Å². The van der Waals surface area contributed by atoms with Gasteiger partial charge in [0.25, 0.3) is 0 Å². The van der Waals surface area contributed by atoms with Crippen molar-refractivity contribution in [2.45, 2.75) is 32.6 Å². The standard InChI is InChI=1S/C16H26N2O3/c1-3-10-20-14-7-6-13(8-9-17)15(12-14)21-11-4-5-16(19)18-2/h6-7,12H,3-5,8-11,17H2,1-2H3,(H,18,19). The highest BCUT2D eigenvalue weighted by molar-refractivity contribution is 5.75. The van der Waals surface area contributed by atoms with Crippen LogP contribution in [-0.4, -0.2) is 32.7 Å². The third-order valence-electron chi connectivity index (χ3n) is 3.01. The van der Waals surface area contributed by atoms with Gasteiger partial charge in [-0.15, -0.1) is 0 Å². The number of ether oxygens (including phenoxy) is 2. The molecule has 0 bridgehead atoms. The molecule has 0 fully saturated rings. The molecule has 21 heavy (non-hydrogen) atoms. The number of carbonyl (C=O) groups is 1. The van der Waals surface area contributed by atoms with E-state index < -0.39 is 0 Å². The number of benzene rings is 1. The Morgan fingerprint density at radius 1 is 1.29 bits per heavy atom. The Labute approximate surface area is 126 Å². The van der Waals surface area contributed by atoms with Crippen LogP contribution < -0.4 is 20.5 Å². The summed E-state index contributed by atoms with van der Waals surface area (Å²) >= 11 is 0. The summed E-state index contributed by atoms with van der Waals surface area (Å²) in [6.07, 6.45) is 2.88. The molecule has 0 radical (unpaired) electrons. The Bertz CT molecular complexity index is 436. The fraction of sp³-hybridized carbons (Fsp3) is 0.562. The van der Waals surface area contributed by atoms with E-state index in [9.17, 15) is 4.79 Å². The summed E-state index contributed by atoms with van der Waals surface area (Å²) in [5.41, 5.74) is 6.69. The van der Waals surface area contributed by atoms with Gasteiger partial charge in [0.2, 0.25) is 5.91 Å². The van der Waals surface area contributed by atoms with Crippen LogP contribution in [-0.2, 0) is 11.2 Å². The van der Waals surface area contributed by atoms with Crippen LogP contribution >= 0.6 is 0 Å². The molecule has 0 atom stereocenters. The predicted octanol–water partition coefficient (Wildman–Crippen LogP) is 1.88. The van der Waals surface area contributed by atoms with E-state index in [0.29, 0.717) is 32.6 Å². The summed E-state index contributed by atoms with van der Waals surface area (Å²) in [5.74, 6) is 1.63. The van der Waals surface area contributed by atoms with E-state index in [-0.39, 0.29) is 5.91 Å². The Balaban J connectivity index is 2.60. The van der Waals surface area contributed by atoms with E-state index in [1.54, 1.807) is 7.05 Å². The van der Waals surface area contributed by atoms with Crippen LogP contribution in [0.15, 0.2) is 18.2 Å². The molecule has 0 aliphatic carbocycles. The first-order chi connectivity index (χ1) is 10.2. The molecule has 0 saturated carbocycles. The van der Waals surface area contributed by atoms with Crippen molar-refractivity contribution in [1.82, 2.24) is 5.32 Å². The van der Waals surface area contributed by atoms with Gasteiger partial charge < -0.3 is 20.5 Å². The average molecular weight is 294 g/mol. The van der Waals surface area contributed by atoms with Crippen LogP contribution in [0.5, 0.6) is 11.5 Å². The normalized spacial score (nSPS) is 10.2. The minimum atomic E-state index is 0.0285. The summed E-state index contributed by atoms with van der Waals surface area (Å²) in [6, 6.07) is 5.84. The van der Waals surface area contributed by atoms with Gasteiger partial charge >= 0.3 is 0 Å². The van der Waals surface area contributed by atoms with Gasteiger partial charge in [-0.05, 0) is 37.4 Å². The number of nitrogens with one attached hydrogen (secondary N) is 1. The fourth-order valence-electron chi connectivity index (χ4n) is 1.88. The zero-order valence-corrected chi connectivity index (χ0v) is 13.0. The lowest BCUT2D eigenvalue weighted by Crippen LogP contribution is -2.18. The molecule has 3 N–H and O–H groups in total. The van der Waals surface area contributed by atoms with Crippen molar-refractivity contribution in [3.05, 3.63) is 23.8 Å². The molecule has 0 spiro atoms. The Hall–Kier alpha value is -1.75. The Kier molecular flexibility index (Phi) is 8.28. The van der Waals surface area contributed by atoms with Gasteiger partial charge in [0.15, 0.2) is 0 Å². The lowest BCUT2D eigenvalue weighted by molar-refractivity contribution is -0.120. The van der Waals surface area contributed by atoms with E-state index in [1.165, 1.54) is 0 Å². The number of hydrogen-bond donors (Lipinski definition) is 2. The summed E-state index contributed by atoms with van der Waals surface area (Å²) < 4.78 is 11.4. The number of nitrogens with two attached hydrogens (primary N) is 1. The van der Waals surface area contributed by atoms with E-state index in [4.69, 9.17) is 15.2 Å². The fourth-order valence-corrected chi connectivity index (χ4v) is 1.88.